The molecule has 0 saturated heterocycles. The Morgan fingerprint density at radius 3 is 2.31 bits per heavy atom. The number of nitrogen functional groups attached to an aromatic ring is 1. The SMILES string of the molecule is Nc1ccc(/C=N\Nc2ccccc2)cc1. The van der Waals surface area contributed by atoms with E-state index in [0.29, 0.717) is 0 Å². The molecule has 2 aromatic rings. The molecule has 0 atom stereocenters. The maximum absolute atomic E-state index is 5.59. The molecule has 0 amide bonds. The molecule has 0 aromatic heterocycles. The van der Waals surface area contributed by atoms with Gasteiger partial charge in [-0.3, -0.25) is 5.43 Å². The Morgan fingerprint density at radius 2 is 1.62 bits per heavy atom. The van der Waals surface area contributed by atoms with Crippen molar-refractivity contribution in [2.24, 2.45) is 5.10 Å². The van der Waals surface area contributed by atoms with Gasteiger partial charge in [-0.2, -0.15) is 5.10 Å². The molecular formula is C13H13N3. The lowest BCUT2D eigenvalue weighted by Gasteiger charge is -1.98. The number of nitrogens with two attached hydrogens (primary N) is 1. The van der Waals surface area contributed by atoms with Gasteiger partial charge in [-0.25, -0.2) is 0 Å². The molecule has 0 radical (unpaired) electrons. The van der Waals surface area contributed by atoms with Gasteiger partial charge in [-0.1, -0.05) is 30.3 Å². The zero-order chi connectivity index (χ0) is 11.2. The first-order valence-electron chi connectivity index (χ1n) is 5.04. The zero-order valence-electron chi connectivity index (χ0n) is 8.80. The van der Waals surface area contributed by atoms with E-state index in [1.807, 2.05) is 54.6 Å². The molecule has 0 spiro atoms. The summed E-state index contributed by atoms with van der Waals surface area (Å²) >= 11 is 0. The van der Waals surface area contributed by atoms with Crippen LogP contribution in [0.5, 0.6) is 0 Å². The van der Waals surface area contributed by atoms with Crippen molar-refractivity contribution in [2.75, 3.05) is 11.2 Å². The van der Waals surface area contributed by atoms with Crippen LogP contribution in [0.2, 0.25) is 0 Å². The average molecular weight is 211 g/mol. The predicted molar refractivity (Wildman–Crippen MR) is 68.5 cm³/mol. The van der Waals surface area contributed by atoms with Gasteiger partial charge in [0.05, 0.1) is 11.9 Å². The number of nitrogens with one attached hydrogen (secondary N) is 1. The van der Waals surface area contributed by atoms with E-state index in [1.54, 1.807) is 6.21 Å². The first-order valence-corrected chi connectivity index (χ1v) is 5.04. The van der Waals surface area contributed by atoms with Crippen LogP contribution in [0.1, 0.15) is 5.56 Å². The Labute approximate surface area is 94.6 Å². The molecule has 0 heterocycles. The lowest BCUT2D eigenvalue weighted by molar-refractivity contribution is 1.35. The van der Waals surface area contributed by atoms with Crippen molar-refractivity contribution in [3.8, 4) is 0 Å². The molecule has 0 bridgehead atoms. The van der Waals surface area contributed by atoms with Gasteiger partial charge in [0.15, 0.2) is 0 Å². The fourth-order valence-corrected chi connectivity index (χ4v) is 1.28. The Balaban J connectivity index is 1.98. The van der Waals surface area contributed by atoms with Crippen LogP contribution in [0.25, 0.3) is 0 Å². The Hall–Kier alpha value is -2.29. The minimum Gasteiger partial charge on any atom is -0.399 e. The van der Waals surface area contributed by atoms with Crippen molar-refractivity contribution >= 4 is 17.6 Å². The molecule has 0 unspecified atom stereocenters. The van der Waals surface area contributed by atoms with E-state index >= 15 is 0 Å². The number of benzene rings is 2. The van der Waals surface area contributed by atoms with Gasteiger partial charge in [0, 0.05) is 5.69 Å². The van der Waals surface area contributed by atoms with Gasteiger partial charge >= 0.3 is 0 Å². The van der Waals surface area contributed by atoms with Gasteiger partial charge in [-0.15, -0.1) is 0 Å². The summed E-state index contributed by atoms with van der Waals surface area (Å²) in [4.78, 5) is 0. The minimum absolute atomic E-state index is 0.758. The van der Waals surface area contributed by atoms with Crippen LogP contribution in [0.4, 0.5) is 11.4 Å². The van der Waals surface area contributed by atoms with Gasteiger partial charge in [0.25, 0.3) is 0 Å². The molecule has 0 saturated carbocycles. The molecule has 2 aromatic carbocycles. The fourth-order valence-electron chi connectivity index (χ4n) is 1.28. The lowest BCUT2D eigenvalue weighted by atomic mass is 10.2. The topological polar surface area (TPSA) is 50.4 Å². The number of hydrogen-bond acceptors (Lipinski definition) is 3. The molecule has 0 aliphatic carbocycles. The van der Waals surface area contributed by atoms with Gasteiger partial charge < -0.3 is 5.73 Å². The van der Waals surface area contributed by atoms with E-state index in [-0.39, 0.29) is 0 Å². The first-order chi connectivity index (χ1) is 7.84. The summed E-state index contributed by atoms with van der Waals surface area (Å²) < 4.78 is 0. The van der Waals surface area contributed by atoms with E-state index < -0.39 is 0 Å². The molecule has 80 valence electrons. The highest BCUT2D eigenvalue weighted by atomic mass is 15.3. The summed E-state index contributed by atoms with van der Waals surface area (Å²) in [7, 11) is 0. The second kappa shape index (κ2) is 4.98. The Kier molecular flexibility index (Phi) is 3.18. The maximum atomic E-state index is 5.59. The van der Waals surface area contributed by atoms with Gasteiger partial charge in [-0.05, 0) is 29.8 Å². The Morgan fingerprint density at radius 1 is 0.938 bits per heavy atom. The largest absolute Gasteiger partial charge is 0.399 e. The number of nitrogens with zero attached hydrogens (tertiary/aromatic N) is 1. The summed E-state index contributed by atoms with van der Waals surface area (Å²) in [6.45, 7) is 0. The van der Waals surface area contributed by atoms with E-state index in [1.165, 1.54) is 0 Å². The molecule has 0 aliphatic rings. The third-order valence-corrected chi connectivity index (χ3v) is 2.12. The zero-order valence-corrected chi connectivity index (χ0v) is 8.80. The van der Waals surface area contributed by atoms with Crippen LogP contribution < -0.4 is 11.2 Å². The highest BCUT2D eigenvalue weighted by Crippen LogP contribution is 2.05. The summed E-state index contributed by atoms with van der Waals surface area (Å²) in [6.07, 6.45) is 1.76. The van der Waals surface area contributed by atoms with Crippen molar-refractivity contribution in [1.82, 2.24) is 0 Å². The lowest BCUT2D eigenvalue weighted by Crippen LogP contribution is -1.90. The number of anilines is 2. The second-order valence-corrected chi connectivity index (χ2v) is 3.40. The summed E-state index contributed by atoms with van der Waals surface area (Å²) in [5.74, 6) is 0. The monoisotopic (exact) mass is 211 g/mol. The van der Waals surface area contributed by atoms with Crippen molar-refractivity contribution in [3.05, 3.63) is 60.2 Å². The molecule has 3 heteroatoms. The van der Waals surface area contributed by atoms with Crippen LogP contribution >= 0.6 is 0 Å². The standard InChI is InChI=1S/C13H13N3/c14-12-8-6-11(7-9-12)10-15-16-13-4-2-1-3-5-13/h1-10,16H,14H2/b15-10-. The minimum atomic E-state index is 0.758. The van der Waals surface area contributed by atoms with E-state index in [0.717, 1.165) is 16.9 Å². The van der Waals surface area contributed by atoms with E-state index in [4.69, 9.17) is 5.73 Å². The number of rotatable bonds is 3. The van der Waals surface area contributed by atoms with E-state index in [2.05, 4.69) is 10.5 Å². The molecule has 3 nitrogen and oxygen atoms in total. The van der Waals surface area contributed by atoms with Crippen molar-refractivity contribution in [3.63, 3.8) is 0 Å². The highest BCUT2D eigenvalue weighted by molar-refractivity contribution is 5.80. The normalized spacial score (nSPS) is 10.5. The van der Waals surface area contributed by atoms with Crippen molar-refractivity contribution in [2.45, 2.75) is 0 Å². The molecule has 0 fully saturated rings. The quantitative estimate of drug-likeness (QED) is 0.466. The first kappa shape index (κ1) is 10.2. The van der Waals surface area contributed by atoms with Gasteiger partial charge in [0.1, 0.15) is 0 Å². The fraction of sp³-hybridized carbons (Fsp3) is 0. The number of hydrazone groups is 1. The van der Waals surface area contributed by atoms with E-state index in [9.17, 15) is 0 Å². The molecule has 16 heavy (non-hydrogen) atoms. The number of para-hydroxylation sites is 1. The molecule has 3 N–H and O–H groups in total. The van der Waals surface area contributed by atoms with Crippen LogP contribution in [0.3, 0.4) is 0 Å². The predicted octanol–water partition coefficient (Wildman–Crippen LogP) is 2.71. The maximum Gasteiger partial charge on any atom is 0.0561 e. The summed E-state index contributed by atoms with van der Waals surface area (Å²) in [6, 6.07) is 17.3. The number of hydrogen-bond donors (Lipinski definition) is 2. The summed E-state index contributed by atoms with van der Waals surface area (Å²) in [5.41, 5.74) is 11.3. The molecule has 0 aliphatic heterocycles. The third-order valence-electron chi connectivity index (χ3n) is 2.12. The molecule has 2 rings (SSSR count). The smallest absolute Gasteiger partial charge is 0.0561 e. The van der Waals surface area contributed by atoms with Crippen LogP contribution in [-0.2, 0) is 0 Å². The third kappa shape index (κ3) is 2.85. The van der Waals surface area contributed by atoms with Crippen LogP contribution in [0, 0.1) is 0 Å². The second-order valence-electron chi connectivity index (χ2n) is 3.40. The van der Waals surface area contributed by atoms with Gasteiger partial charge in [0.2, 0.25) is 0 Å². The highest BCUT2D eigenvalue weighted by Gasteiger charge is 1.88. The van der Waals surface area contributed by atoms with Crippen molar-refractivity contribution < 1.29 is 0 Å². The Bertz CT molecular complexity index is 460. The van der Waals surface area contributed by atoms with Crippen LogP contribution in [-0.4, -0.2) is 6.21 Å². The van der Waals surface area contributed by atoms with Crippen LogP contribution in [0.15, 0.2) is 59.7 Å². The molecular weight excluding hydrogens is 198 g/mol. The summed E-state index contributed by atoms with van der Waals surface area (Å²) in [5, 5.41) is 4.13. The average Bonchev–Trinajstić information content (AvgIpc) is 2.33. The van der Waals surface area contributed by atoms with Crippen molar-refractivity contribution in [1.29, 1.82) is 0 Å².